The molecule has 0 amide bonds. The van der Waals surface area contributed by atoms with Crippen molar-refractivity contribution < 1.29 is 19.1 Å². The van der Waals surface area contributed by atoms with Crippen molar-refractivity contribution in [1.82, 2.24) is 5.32 Å². The predicted octanol–water partition coefficient (Wildman–Crippen LogP) is 0.931. The van der Waals surface area contributed by atoms with Crippen molar-refractivity contribution in [2.75, 3.05) is 13.7 Å². The molecule has 18 heavy (non-hydrogen) atoms. The molecule has 2 rings (SSSR count). The van der Waals surface area contributed by atoms with Crippen LogP contribution in [0.2, 0.25) is 0 Å². The largest absolute Gasteiger partial charge is 0.466 e. The van der Waals surface area contributed by atoms with E-state index < -0.39 is 11.9 Å². The summed E-state index contributed by atoms with van der Waals surface area (Å²) in [6.07, 6.45) is 1.09. The van der Waals surface area contributed by atoms with E-state index in [1.807, 2.05) is 30.3 Å². The number of benzene rings is 1. The molecule has 0 aromatic heterocycles. The monoisotopic (exact) mass is 247 g/mol. The van der Waals surface area contributed by atoms with Crippen LogP contribution in [-0.2, 0) is 19.1 Å². The lowest BCUT2D eigenvalue weighted by Gasteiger charge is -2.26. The number of hydrogen-bond acceptors (Lipinski definition) is 5. The minimum absolute atomic E-state index is 0.113. The summed E-state index contributed by atoms with van der Waals surface area (Å²) < 4.78 is 9.50. The van der Waals surface area contributed by atoms with Crippen molar-refractivity contribution in [2.24, 2.45) is 0 Å². The van der Waals surface area contributed by atoms with Crippen molar-refractivity contribution in [3.05, 3.63) is 47.7 Å². The van der Waals surface area contributed by atoms with Crippen LogP contribution in [0.25, 0.3) is 0 Å². The number of carbonyl (C=O) groups is 2. The second kappa shape index (κ2) is 5.35. The minimum atomic E-state index is -0.594. The molecule has 5 nitrogen and oxygen atoms in total. The quantitative estimate of drug-likeness (QED) is 0.622. The van der Waals surface area contributed by atoms with Gasteiger partial charge in [0.25, 0.3) is 0 Å². The number of carbonyl (C=O) groups excluding carboxylic acids is 2. The van der Waals surface area contributed by atoms with Crippen LogP contribution in [0, 0.1) is 0 Å². The first kappa shape index (κ1) is 12.2. The first-order valence-corrected chi connectivity index (χ1v) is 5.49. The third-order valence-corrected chi connectivity index (χ3v) is 2.60. The number of rotatable bonds is 2. The highest BCUT2D eigenvalue weighted by Gasteiger charge is 2.25. The van der Waals surface area contributed by atoms with E-state index >= 15 is 0 Å². The summed E-state index contributed by atoms with van der Waals surface area (Å²) in [4.78, 5) is 22.6. The Bertz CT molecular complexity index is 481. The summed E-state index contributed by atoms with van der Waals surface area (Å²) >= 11 is 0. The summed E-state index contributed by atoms with van der Waals surface area (Å²) in [7, 11) is 1.25. The Morgan fingerprint density at radius 3 is 2.83 bits per heavy atom. The van der Waals surface area contributed by atoms with Crippen LogP contribution < -0.4 is 5.32 Å². The van der Waals surface area contributed by atoms with E-state index in [9.17, 15) is 9.59 Å². The smallest absolute Gasteiger partial charge is 0.354 e. The molecule has 1 N–H and O–H groups in total. The Labute approximate surface area is 104 Å². The van der Waals surface area contributed by atoms with Gasteiger partial charge in [-0.15, -0.1) is 0 Å². The van der Waals surface area contributed by atoms with Gasteiger partial charge in [0.15, 0.2) is 0 Å². The summed E-state index contributed by atoms with van der Waals surface area (Å²) in [6.45, 7) is 0.237. The van der Waals surface area contributed by atoms with Crippen LogP contribution in [0.4, 0.5) is 0 Å². The zero-order valence-electron chi connectivity index (χ0n) is 9.88. The second-order valence-corrected chi connectivity index (χ2v) is 3.79. The van der Waals surface area contributed by atoms with Gasteiger partial charge in [-0.1, -0.05) is 30.3 Å². The SMILES string of the molecule is COC(=O)/C=C1/N[C@H](c2ccccc2)COC1=O. The number of ether oxygens (including phenoxy) is 2. The highest BCUT2D eigenvalue weighted by molar-refractivity contribution is 5.96. The first-order valence-electron chi connectivity index (χ1n) is 5.49. The molecule has 1 saturated heterocycles. The van der Waals surface area contributed by atoms with E-state index in [0.29, 0.717) is 0 Å². The molecule has 5 heteroatoms. The van der Waals surface area contributed by atoms with Gasteiger partial charge in [-0.25, -0.2) is 9.59 Å². The standard InChI is InChI=1S/C13H13NO4/c1-17-12(15)7-10-13(16)18-8-11(14-10)9-5-3-2-4-6-9/h2-7,11,14H,8H2,1H3/b10-7+/t11-/m0/s1. The highest BCUT2D eigenvalue weighted by Crippen LogP contribution is 2.19. The van der Waals surface area contributed by atoms with Crippen molar-refractivity contribution in [3.63, 3.8) is 0 Å². The molecule has 1 aliphatic heterocycles. The summed E-state index contributed by atoms with van der Waals surface area (Å²) in [5.74, 6) is -1.14. The number of hydrogen-bond donors (Lipinski definition) is 1. The van der Waals surface area contributed by atoms with Crippen molar-refractivity contribution in [2.45, 2.75) is 6.04 Å². The van der Waals surface area contributed by atoms with Crippen LogP contribution in [0.5, 0.6) is 0 Å². The van der Waals surface area contributed by atoms with Crippen LogP contribution in [0.3, 0.4) is 0 Å². The van der Waals surface area contributed by atoms with E-state index in [0.717, 1.165) is 11.6 Å². The molecular formula is C13H13NO4. The average Bonchev–Trinajstić information content (AvgIpc) is 2.42. The van der Waals surface area contributed by atoms with Crippen molar-refractivity contribution in [3.8, 4) is 0 Å². The molecule has 0 bridgehead atoms. The Morgan fingerprint density at radius 2 is 2.17 bits per heavy atom. The van der Waals surface area contributed by atoms with Crippen molar-refractivity contribution in [1.29, 1.82) is 0 Å². The lowest BCUT2D eigenvalue weighted by atomic mass is 10.1. The van der Waals surface area contributed by atoms with Gasteiger partial charge in [-0.05, 0) is 5.56 Å². The molecule has 1 aromatic rings. The number of esters is 2. The van der Waals surface area contributed by atoms with Gasteiger partial charge < -0.3 is 14.8 Å². The molecule has 1 aliphatic rings. The lowest BCUT2D eigenvalue weighted by molar-refractivity contribution is -0.144. The summed E-state index contributed by atoms with van der Waals surface area (Å²) in [5, 5.41) is 2.97. The van der Waals surface area contributed by atoms with Crippen LogP contribution >= 0.6 is 0 Å². The molecule has 1 fully saturated rings. The van der Waals surface area contributed by atoms with Crippen LogP contribution in [-0.4, -0.2) is 25.7 Å². The molecule has 0 radical (unpaired) electrons. The van der Waals surface area contributed by atoms with E-state index in [4.69, 9.17) is 4.74 Å². The van der Waals surface area contributed by atoms with Gasteiger partial charge in [0.05, 0.1) is 19.2 Å². The van der Waals surface area contributed by atoms with Gasteiger partial charge in [0.1, 0.15) is 12.3 Å². The van der Waals surface area contributed by atoms with Crippen LogP contribution in [0.1, 0.15) is 11.6 Å². The fourth-order valence-corrected chi connectivity index (χ4v) is 1.67. The maximum atomic E-state index is 11.5. The maximum absolute atomic E-state index is 11.5. The third kappa shape index (κ3) is 2.68. The Hall–Kier alpha value is -2.30. The fraction of sp³-hybridized carbons (Fsp3) is 0.231. The Morgan fingerprint density at radius 1 is 1.44 bits per heavy atom. The fourth-order valence-electron chi connectivity index (χ4n) is 1.67. The van der Waals surface area contributed by atoms with Crippen molar-refractivity contribution >= 4 is 11.9 Å². The van der Waals surface area contributed by atoms with Crippen LogP contribution in [0.15, 0.2) is 42.1 Å². The lowest BCUT2D eigenvalue weighted by Crippen LogP contribution is -2.36. The van der Waals surface area contributed by atoms with E-state index in [2.05, 4.69) is 10.1 Å². The third-order valence-electron chi connectivity index (χ3n) is 2.60. The molecule has 0 unspecified atom stereocenters. The first-order chi connectivity index (χ1) is 8.70. The Kier molecular flexibility index (Phi) is 3.62. The summed E-state index contributed by atoms with van der Waals surface area (Å²) in [6, 6.07) is 9.40. The van der Waals surface area contributed by atoms with E-state index in [1.54, 1.807) is 0 Å². The molecule has 0 aliphatic carbocycles. The number of methoxy groups -OCH3 is 1. The van der Waals surface area contributed by atoms with E-state index in [-0.39, 0.29) is 18.3 Å². The van der Waals surface area contributed by atoms with Gasteiger partial charge in [0.2, 0.25) is 0 Å². The average molecular weight is 247 g/mol. The molecule has 1 aromatic carbocycles. The summed E-state index contributed by atoms with van der Waals surface area (Å²) in [5.41, 5.74) is 1.10. The van der Waals surface area contributed by atoms with Gasteiger partial charge in [-0.3, -0.25) is 0 Å². The normalized spacial score (nSPS) is 21.1. The predicted molar refractivity (Wildman–Crippen MR) is 63.4 cm³/mol. The Balaban J connectivity index is 2.17. The van der Waals surface area contributed by atoms with Gasteiger partial charge in [0, 0.05) is 0 Å². The number of nitrogens with one attached hydrogen (secondary N) is 1. The molecule has 0 saturated carbocycles. The number of cyclic esters (lactones) is 1. The molecule has 0 spiro atoms. The zero-order chi connectivity index (χ0) is 13.0. The maximum Gasteiger partial charge on any atom is 0.354 e. The van der Waals surface area contributed by atoms with Gasteiger partial charge in [-0.2, -0.15) is 0 Å². The molecule has 1 atom stereocenters. The minimum Gasteiger partial charge on any atom is -0.466 e. The molecular weight excluding hydrogens is 234 g/mol. The second-order valence-electron chi connectivity index (χ2n) is 3.79. The molecule has 1 heterocycles. The highest BCUT2D eigenvalue weighted by atomic mass is 16.5. The van der Waals surface area contributed by atoms with Gasteiger partial charge >= 0.3 is 11.9 Å². The van der Waals surface area contributed by atoms with E-state index in [1.165, 1.54) is 7.11 Å². The topological polar surface area (TPSA) is 64.6 Å². The molecule has 94 valence electrons. The zero-order valence-corrected chi connectivity index (χ0v) is 9.88. The number of morpholine rings is 1.